The second-order valence-corrected chi connectivity index (χ2v) is 5.15. The predicted octanol–water partition coefficient (Wildman–Crippen LogP) is 3.49. The van der Waals surface area contributed by atoms with E-state index in [4.69, 9.17) is 0 Å². The van der Waals surface area contributed by atoms with Crippen molar-refractivity contribution < 1.29 is 5.11 Å². The van der Waals surface area contributed by atoms with Crippen molar-refractivity contribution in [1.29, 1.82) is 0 Å². The third-order valence-electron chi connectivity index (χ3n) is 3.22. The van der Waals surface area contributed by atoms with E-state index in [1.807, 2.05) is 13.8 Å². The van der Waals surface area contributed by atoms with Crippen LogP contribution in [0.2, 0.25) is 0 Å². The van der Waals surface area contributed by atoms with E-state index >= 15 is 0 Å². The average molecular weight is 229 g/mol. The van der Waals surface area contributed by atoms with E-state index in [0.717, 1.165) is 19.5 Å². The standard InChI is InChI=1S/C14H31NO/c1-4-6-7-8-9-10-11-12-15-13-14(3,16)5-2/h15-16H,4-13H2,1-3H3. The van der Waals surface area contributed by atoms with Crippen LogP contribution >= 0.6 is 0 Å². The van der Waals surface area contributed by atoms with Crippen LogP contribution in [0.3, 0.4) is 0 Å². The highest BCUT2D eigenvalue weighted by Gasteiger charge is 2.15. The third kappa shape index (κ3) is 10.4. The van der Waals surface area contributed by atoms with E-state index in [1.54, 1.807) is 0 Å². The van der Waals surface area contributed by atoms with Crippen LogP contribution in [0.15, 0.2) is 0 Å². The van der Waals surface area contributed by atoms with Gasteiger partial charge in [0.15, 0.2) is 0 Å². The van der Waals surface area contributed by atoms with Crippen molar-refractivity contribution in [1.82, 2.24) is 5.32 Å². The van der Waals surface area contributed by atoms with Crippen LogP contribution in [0.5, 0.6) is 0 Å². The highest BCUT2D eigenvalue weighted by Crippen LogP contribution is 2.07. The maximum absolute atomic E-state index is 9.76. The van der Waals surface area contributed by atoms with Crippen molar-refractivity contribution in [2.24, 2.45) is 0 Å². The van der Waals surface area contributed by atoms with E-state index in [9.17, 15) is 5.11 Å². The van der Waals surface area contributed by atoms with Crippen LogP contribution in [0.4, 0.5) is 0 Å². The molecule has 0 aromatic heterocycles. The molecule has 0 heterocycles. The van der Waals surface area contributed by atoms with Gasteiger partial charge < -0.3 is 10.4 Å². The molecule has 0 saturated heterocycles. The zero-order valence-corrected chi connectivity index (χ0v) is 11.5. The molecule has 0 aliphatic carbocycles. The second kappa shape index (κ2) is 10.1. The van der Waals surface area contributed by atoms with Crippen LogP contribution in [-0.4, -0.2) is 23.8 Å². The summed E-state index contributed by atoms with van der Waals surface area (Å²) in [6.07, 6.45) is 10.3. The first kappa shape index (κ1) is 15.9. The molecule has 0 rings (SSSR count). The van der Waals surface area contributed by atoms with Crippen molar-refractivity contribution in [3.8, 4) is 0 Å². The number of nitrogens with one attached hydrogen (secondary N) is 1. The van der Waals surface area contributed by atoms with E-state index in [-0.39, 0.29) is 0 Å². The fraction of sp³-hybridized carbons (Fsp3) is 1.00. The molecule has 0 bridgehead atoms. The largest absolute Gasteiger partial charge is 0.389 e. The van der Waals surface area contributed by atoms with Crippen LogP contribution in [0.1, 0.15) is 72.1 Å². The molecule has 0 amide bonds. The first-order valence-electron chi connectivity index (χ1n) is 7.05. The molecular formula is C14H31NO. The van der Waals surface area contributed by atoms with Crippen molar-refractivity contribution in [2.75, 3.05) is 13.1 Å². The molecule has 0 aromatic carbocycles. The molecule has 16 heavy (non-hydrogen) atoms. The summed E-state index contributed by atoms with van der Waals surface area (Å²) in [6.45, 7) is 7.94. The van der Waals surface area contributed by atoms with Gasteiger partial charge in [0.25, 0.3) is 0 Å². The summed E-state index contributed by atoms with van der Waals surface area (Å²) in [5.41, 5.74) is -0.527. The van der Waals surface area contributed by atoms with Crippen molar-refractivity contribution in [3.05, 3.63) is 0 Å². The monoisotopic (exact) mass is 229 g/mol. The molecule has 0 radical (unpaired) electrons. The van der Waals surface area contributed by atoms with Gasteiger partial charge in [-0.2, -0.15) is 0 Å². The van der Waals surface area contributed by atoms with Gasteiger partial charge in [-0.25, -0.2) is 0 Å². The first-order chi connectivity index (χ1) is 7.62. The Labute approximate surface area is 102 Å². The Morgan fingerprint density at radius 1 is 0.938 bits per heavy atom. The highest BCUT2D eigenvalue weighted by molar-refractivity contribution is 4.72. The summed E-state index contributed by atoms with van der Waals surface area (Å²) in [4.78, 5) is 0. The molecule has 1 atom stereocenters. The predicted molar refractivity (Wildman–Crippen MR) is 71.8 cm³/mol. The molecule has 0 aromatic rings. The summed E-state index contributed by atoms with van der Waals surface area (Å²) in [7, 11) is 0. The molecule has 2 nitrogen and oxygen atoms in total. The molecule has 0 spiro atoms. The summed E-state index contributed by atoms with van der Waals surface area (Å²) in [6, 6.07) is 0. The van der Waals surface area contributed by atoms with Gasteiger partial charge in [-0.1, -0.05) is 52.4 Å². The number of unbranched alkanes of at least 4 members (excludes halogenated alkanes) is 6. The lowest BCUT2D eigenvalue weighted by molar-refractivity contribution is 0.0559. The minimum absolute atomic E-state index is 0.527. The average Bonchev–Trinajstić information content (AvgIpc) is 2.27. The van der Waals surface area contributed by atoms with Gasteiger partial charge in [0, 0.05) is 6.54 Å². The summed E-state index contributed by atoms with van der Waals surface area (Å²) < 4.78 is 0. The SMILES string of the molecule is CCCCCCCCCNCC(C)(O)CC. The van der Waals surface area contributed by atoms with Gasteiger partial charge in [0.2, 0.25) is 0 Å². The fourth-order valence-corrected chi connectivity index (χ4v) is 1.69. The Balaban J connectivity index is 3.10. The van der Waals surface area contributed by atoms with Crippen LogP contribution in [0, 0.1) is 0 Å². The number of rotatable bonds is 11. The number of hydrogen-bond donors (Lipinski definition) is 2. The van der Waals surface area contributed by atoms with E-state index in [0.29, 0.717) is 0 Å². The molecule has 1 unspecified atom stereocenters. The van der Waals surface area contributed by atoms with Gasteiger partial charge in [0.05, 0.1) is 5.60 Å². The summed E-state index contributed by atoms with van der Waals surface area (Å²) in [5, 5.41) is 13.1. The lowest BCUT2D eigenvalue weighted by Crippen LogP contribution is -2.37. The Bertz CT molecular complexity index is 146. The molecular weight excluding hydrogens is 198 g/mol. The molecule has 2 N–H and O–H groups in total. The van der Waals surface area contributed by atoms with E-state index in [2.05, 4.69) is 12.2 Å². The molecule has 98 valence electrons. The molecule has 0 fully saturated rings. The Kier molecular flexibility index (Phi) is 10.0. The van der Waals surface area contributed by atoms with Crippen molar-refractivity contribution in [2.45, 2.75) is 77.7 Å². The highest BCUT2D eigenvalue weighted by atomic mass is 16.3. The van der Waals surface area contributed by atoms with Crippen LogP contribution in [-0.2, 0) is 0 Å². The second-order valence-electron chi connectivity index (χ2n) is 5.15. The van der Waals surface area contributed by atoms with E-state index in [1.165, 1.54) is 44.9 Å². The molecule has 0 aliphatic heterocycles. The van der Waals surface area contributed by atoms with E-state index < -0.39 is 5.60 Å². The fourth-order valence-electron chi connectivity index (χ4n) is 1.69. The molecule has 0 aliphatic rings. The quantitative estimate of drug-likeness (QED) is 0.532. The maximum atomic E-state index is 9.76. The summed E-state index contributed by atoms with van der Waals surface area (Å²) in [5.74, 6) is 0. The van der Waals surface area contributed by atoms with Gasteiger partial charge in [-0.15, -0.1) is 0 Å². The zero-order valence-electron chi connectivity index (χ0n) is 11.5. The topological polar surface area (TPSA) is 32.3 Å². The molecule has 2 heteroatoms. The van der Waals surface area contributed by atoms with Crippen LogP contribution in [0.25, 0.3) is 0 Å². The minimum atomic E-state index is -0.527. The van der Waals surface area contributed by atoms with Crippen LogP contribution < -0.4 is 5.32 Å². The molecule has 0 saturated carbocycles. The summed E-state index contributed by atoms with van der Waals surface area (Å²) >= 11 is 0. The maximum Gasteiger partial charge on any atom is 0.0740 e. The lowest BCUT2D eigenvalue weighted by atomic mass is 10.0. The van der Waals surface area contributed by atoms with Gasteiger partial charge in [0.1, 0.15) is 0 Å². The lowest BCUT2D eigenvalue weighted by Gasteiger charge is -2.21. The Morgan fingerprint density at radius 2 is 1.50 bits per heavy atom. The van der Waals surface area contributed by atoms with Crippen molar-refractivity contribution >= 4 is 0 Å². The van der Waals surface area contributed by atoms with Crippen molar-refractivity contribution in [3.63, 3.8) is 0 Å². The van der Waals surface area contributed by atoms with Gasteiger partial charge in [-0.3, -0.25) is 0 Å². The van der Waals surface area contributed by atoms with Gasteiger partial charge in [-0.05, 0) is 26.3 Å². The Hall–Kier alpha value is -0.0800. The zero-order chi connectivity index (χ0) is 12.3. The first-order valence-corrected chi connectivity index (χ1v) is 7.05. The smallest absolute Gasteiger partial charge is 0.0740 e. The van der Waals surface area contributed by atoms with Gasteiger partial charge >= 0.3 is 0 Å². The normalized spacial score (nSPS) is 15.0. The minimum Gasteiger partial charge on any atom is -0.389 e. The Morgan fingerprint density at radius 3 is 2.06 bits per heavy atom. The third-order valence-corrected chi connectivity index (χ3v) is 3.22. The number of hydrogen-bond acceptors (Lipinski definition) is 2. The number of aliphatic hydroxyl groups is 1.